The number of nitrogens with zero attached hydrogens (tertiary/aromatic N) is 2. The summed E-state index contributed by atoms with van der Waals surface area (Å²) in [7, 11) is 0. The molecule has 1 saturated heterocycles. The molecule has 0 bridgehead atoms. The van der Waals surface area contributed by atoms with Gasteiger partial charge in [-0.25, -0.2) is 4.79 Å². The standard InChI is InChI=1S/C12H14Cl2N2O3/c13-9-5-8(11(17)10(14)6-9)7-15-1-3-16(4-2-15)12(18)19/h5-6,17H,1-4,7H2,(H,18,19). The van der Waals surface area contributed by atoms with E-state index in [0.29, 0.717) is 43.3 Å². The highest BCUT2D eigenvalue weighted by molar-refractivity contribution is 6.35. The lowest BCUT2D eigenvalue weighted by atomic mass is 10.1. The number of piperazine rings is 1. The lowest BCUT2D eigenvalue weighted by molar-refractivity contribution is 0.102. The predicted molar refractivity (Wildman–Crippen MR) is 73.0 cm³/mol. The molecule has 0 radical (unpaired) electrons. The van der Waals surface area contributed by atoms with Crippen molar-refractivity contribution in [1.29, 1.82) is 0 Å². The molecule has 19 heavy (non-hydrogen) atoms. The average molecular weight is 305 g/mol. The number of carboxylic acid groups (broad SMARTS) is 1. The number of hydrogen-bond acceptors (Lipinski definition) is 3. The second kappa shape index (κ2) is 5.86. The fourth-order valence-electron chi connectivity index (χ4n) is 2.08. The smallest absolute Gasteiger partial charge is 0.407 e. The van der Waals surface area contributed by atoms with E-state index in [4.69, 9.17) is 28.3 Å². The van der Waals surface area contributed by atoms with Crippen molar-refractivity contribution in [1.82, 2.24) is 9.80 Å². The van der Waals surface area contributed by atoms with E-state index in [1.54, 1.807) is 6.07 Å². The van der Waals surface area contributed by atoms with Gasteiger partial charge in [0.05, 0.1) is 5.02 Å². The molecule has 0 aliphatic carbocycles. The summed E-state index contributed by atoms with van der Waals surface area (Å²) in [5, 5.41) is 19.4. The number of aromatic hydroxyl groups is 1. The average Bonchev–Trinajstić information content (AvgIpc) is 2.36. The van der Waals surface area contributed by atoms with Gasteiger partial charge < -0.3 is 15.1 Å². The zero-order valence-electron chi connectivity index (χ0n) is 10.1. The van der Waals surface area contributed by atoms with Crippen molar-refractivity contribution in [3.8, 4) is 5.75 Å². The van der Waals surface area contributed by atoms with Crippen LogP contribution in [0.3, 0.4) is 0 Å². The monoisotopic (exact) mass is 304 g/mol. The molecule has 5 nitrogen and oxygen atoms in total. The number of benzene rings is 1. The lowest BCUT2D eigenvalue weighted by Gasteiger charge is -2.33. The van der Waals surface area contributed by atoms with Gasteiger partial charge in [0.2, 0.25) is 0 Å². The first kappa shape index (κ1) is 14.2. The van der Waals surface area contributed by atoms with Crippen molar-refractivity contribution in [3.63, 3.8) is 0 Å². The molecule has 0 saturated carbocycles. The van der Waals surface area contributed by atoms with Gasteiger partial charge in [0.25, 0.3) is 0 Å². The Bertz CT molecular complexity index is 488. The maximum Gasteiger partial charge on any atom is 0.407 e. The molecule has 0 aromatic heterocycles. The van der Waals surface area contributed by atoms with E-state index in [1.165, 1.54) is 11.0 Å². The van der Waals surface area contributed by atoms with E-state index in [2.05, 4.69) is 4.90 Å². The molecule has 7 heteroatoms. The van der Waals surface area contributed by atoms with Crippen LogP contribution in [-0.4, -0.2) is 52.3 Å². The summed E-state index contributed by atoms with van der Waals surface area (Å²) < 4.78 is 0. The van der Waals surface area contributed by atoms with Crippen molar-refractivity contribution in [2.75, 3.05) is 26.2 Å². The molecule has 1 aliphatic rings. The Hall–Kier alpha value is -1.17. The second-order valence-corrected chi connectivity index (χ2v) is 5.28. The number of phenols is 1. The van der Waals surface area contributed by atoms with Gasteiger partial charge in [0, 0.05) is 43.3 Å². The maximum absolute atomic E-state index is 10.8. The minimum absolute atomic E-state index is 0.0340. The van der Waals surface area contributed by atoms with Gasteiger partial charge in [-0.2, -0.15) is 0 Å². The van der Waals surface area contributed by atoms with Gasteiger partial charge >= 0.3 is 6.09 Å². The Balaban J connectivity index is 2.01. The topological polar surface area (TPSA) is 64.0 Å². The molecule has 0 unspecified atom stereocenters. The number of hydrogen-bond donors (Lipinski definition) is 2. The third kappa shape index (κ3) is 3.43. The molecule has 1 aromatic carbocycles. The normalized spacial score (nSPS) is 16.6. The second-order valence-electron chi connectivity index (χ2n) is 4.44. The number of carbonyl (C=O) groups is 1. The van der Waals surface area contributed by atoms with Crippen LogP contribution < -0.4 is 0 Å². The molecular formula is C12H14Cl2N2O3. The van der Waals surface area contributed by atoms with Crippen molar-refractivity contribution in [2.24, 2.45) is 0 Å². The molecular weight excluding hydrogens is 291 g/mol. The molecule has 0 spiro atoms. The van der Waals surface area contributed by atoms with E-state index in [1.807, 2.05) is 0 Å². The number of halogens is 2. The van der Waals surface area contributed by atoms with Crippen LogP contribution in [0.4, 0.5) is 4.79 Å². The number of rotatable bonds is 2. The number of phenolic OH excluding ortho intramolecular Hbond substituents is 1. The molecule has 104 valence electrons. The molecule has 2 rings (SSSR count). The molecule has 1 amide bonds. The van der Waals surface area contributed by atoms with Gasteiger partial charge in [-0.1, -0.05) is 23.2 Å². The van der Waals surface area contributed by atoms with E-state index in [9.17, 15) is 9.90 Å². The Morgan fingerprint density at radius 1 is 1.21 bits per heavy atom. The van der Waals surface area contributed by atoms with Crippen LogP contribution in [-0.2, 0) is 6.54 Å². The molecule has 2 N–H and O–H groups in total. The first-order chi connectivity index (χ1) is 8.97. The van der Waals surface area contributed by atoms with Gasteiger partial charge in [0.15, 0.2) is 0 Å². The van der Waals surface area contributed by atoms with Crippen LogP contribution in [0, 0.1) is 0 Å². The molecule has 0 atom stereocenters. The van der Waals surface area contributed by atoms with Gasteiger partial charge in [-0.05, 0) is 12.1 Å². The maximum atomic E-state index is 10.8. The van der Waals surface area contributed by atoms with Crippen LogP contribution in [0.2, 0.25) is 10.0 Å². The van der Waals surface area contributed by atoms with E-state index in [0.717, 1.165) is 0 Å². The SMILES string of the molecule is O=C(O)N1CCN(Cc2cc(Cl)cc(Cl)c2O)CC1. The lowest BCUT2D eigenvalue weighted by Crippen LogP contribution is -2.47. The highest BCUT2D eigenvalue weighted by Gasteiger charge is 2.21. The van der Waals surface area contributed by atoms with E-state index < -0.39 is 6.09 Å². The Kier molecular flexibility index (Phi) is 4.39. The summed E-state index contributed by atoms with van der Waals surface area (Å²) in [5.41, 5.74) is 0.654. The first-order valence-corrected chi connectivity index (χ1v) is 6.60. The predicted octanol–water partition coefficient (Wildman–Crippen LogP) is 2.49. The van der Waals surface area contributed by atoms with Crippen LogP contribution in [0.25, 0.3) is 0 Å². The van der Waals surface area contributed by atoms with Gasteiger partial charge in [-0.15, -0.1) is 0 Å². The van der Waals surface area contributed by atoms with Gasteiger partial charge in [0.1, 0.15) is 5.75 Å². The highest BCUT2D eigenvalue weighted by Crippen LogP contribution is 2.32. The zero-order chi connectivity index (χ0) is 14.0. The Morgan fingerprint density at radius 3 is 2.42 bits per heavy atom. The molecule has 1 fully saturated rings. The summed E-state index contributed by atoms with van der Waals surface area (Å²) in [6, 6.07) is 3.16. The third-order valence-corrected chi connectivity index (χ3v) is 3.65. The largest absolute Gasteiger partial charge is 0.506 e. The fraction of sp³-hybridized carbons (Fsp3) is 0.417. The zero-order valence-corrected chi connectivity index (χ0v) is 11.7. The Morgan fingerprint density at radius 2 is 1.84 bits per heavy atom. The minimum atomic E-state index is -0.895. The summed E-state index contributed by atoms with van der Waals surface area (Å²) >= 11 is 11.8. The number of amides is 1. The van der Waals surface area contributed by atoms with Crippen LogP contribution in [0.5, 0.6) is 5.75 Å². The van der Waals surface area contributed by atoms with E-state index in [-0.39, 0.29) is 10.8 Å². The van der Waals surface area contributed by atoms with Crippen molar-refractivity contribution < 1.29 is 15.0 Å². The molecule has 1 heterocycles. The van der Waals surface area contributed by atoms with Crippen LogP contribution in [0.1, 0.15) is 5.56 Å². The van der Waals surface area contributed by atoms with Crippen LogP contribution in [0.15, 0.2) is 12.1 Å². The summed E-state index contributed by atoms with van der Waals surface area (Å²) in [4.78, 5) is 14.2. The van der Waals surface area contributed by atoms with Crippen LogP contribution >= 0.6 is 23.2 Å². The van der Waals surface area contributed by atoms with E-state index >= 15 is 0 Å². The summed E-state index contributed by atoms with van der Waals surface area (Å²) in [6.07, 6.45) is -0.895. The van der Waals surface area contributed by atoms with Crippen molar-refractivity contribution >= 4 is 29.3 Å². The quantitative estimate of drug-likeness (QED) is 0.881. The van der Waals surface area contributed by atoms with Gasteiger partial charge in [-0.3, -0.25) is 4.90 Å². The molecule has 1 aromatic rings. The Labute approximate surface area is 120 Å². The summed E-state index contributed by atoms with van der Waals surface area (Å²) in [5.74, 6) is 0.0340. The molecule has 1 aliphatic heterocycles. The third-order valence-electron chi connectivity index (χ3n) is 3.14. The minimum Gasteiger partial charge on any atom is -0.506 e. The van der Waals surface area contributed by atoms with Crippen molar-refractivity contribution in [2.45, 2.75) is 6.54 Å². The highest BCUT2D eigenvalue weighted by atomic mass is 35.5. The van der Waals surface area contributed by atoms with Crippen molar-refractivity contribution in [3.05, 3.63) is 27.7 Å². The fourth-order valence-corrected chi connectivity index (χ4v) is 2.61. The summed E-state index contributed by atoms with van der Waals surface area (Å²) in [6.45, 7) is 2.67. The first-order valence-electron chi connectivity index (χ1n) is 5.84.